The third-order valence-corrected chi connectivity index (χ3v) is 3.91. The Morgan fingerprint density at radius 3 is 2.62 bits per heavy atom. The molecule has 0 aliphatic carbocycles. The minimum absolute atomic E-state index is 0.140. The molecule has 2 aliphatic rings. The smallest absolute Gasteiger partial charge is 0.417 e. The van der Waals surface area contributed by atoms with Gasteiger partial charge in [-0.3, -0.25) is 9.63 Å². The summed E-state index contributed by atoms with van der Waals surface area (Å²) < 4.78 is 16.4. The Hall–Kier alpha value is -1.22. The summed E-state index contributed by atoms with van der Waals surface area (Å²) in [4.78, 5) is 32.0. The van der Waals surface area contributed by atoms with Crippen molar-refractivity contribution in [3.05, 3.63) is 0 Å². The van der Waals surface area contributed by atoms with Crippen LogP contribution in [0.1, 0.15) is 34.6 Å². The van der Waals surface area contributed by atoms with Crippen molar-refractivity contribution < 1.29 is 28.6 Å². The Labute approximate surface area is 142 Å². The number of carbonyl (C=O) groups excluding carboxylic acids is 2. The SMILES string of the molecule is CCOC(C)OC[C@@H]1[C@H]2ON(C)C[C@H]2C(=O)N1C(=O)OC(C)(C)C. The van der Waals surface area contributed by atoms with Crippen molar-refractivity contribution in [2.75, 3.05) is 26.8 Å². The van der Waals surface area contributed by atoms with Gasteiger partial charge in [0.05, 0.1) is 18.6 Å². The van der Waals surface area contributed by atoms with Crippen molar-refractivity contribution in [3.8, 4) is 0 Å². The molecule has 2 rings (SSSR count). The fourth-order valence-corrected chi connectivity index (χ4v) is 2.97. The summed E-state index contributed by atoms with van der Waals surface area (Å²) in [5.41, 5.74) is -0.684. The lowest BCUT2D eigenvalue weighted by Crippen LogP contribution is -2.48. The Balaban J connectivity index is 2.13. The third-order valence-electron chi connectivity index (χ3n) is 3.91. The van der Waals surface area contributed by atoms with E-state index < -0.39 is 36.0 Å². The zero-order chi connectivity index (χ0) is 18.1. The largest absolute Gasteiger partial charge is 0.443 e. The van der Waals surface area contributed by atoms with E-state index in [1.165, 1.54) is 0 Å². The van der Waals surface area contributed by atoms with Crippen molar-refractivity contribution in [1.82, 2.24) is 9.96 Å². The minimum atomic E-state index is -0.684. The highest BCUT2D eigenvalue weighted by atomic mass is 16.7. The van der Waals surface area contributed by atoms with Crippen LogP contribution in [0.2, 0.25) is 0 Å². The van der Waals surface area contributed by atoms with E-state index in [9.17, 15) is 9.59 Å². The summed E-state index contributed by atoms with van der Waals surface area (Å²) in [7, 11) is 1.77. The quantitative estimate of drug-likeness (QED) is 0.698. The summed E-state index contributed by atoms with van der Waals surface area (Å²) in [6, 6.07) is -0.537. The second-order valence-electron chi connectivity index (χ2n) is 7.10. The standard InChI is InChI=1S/C16H28N2O6/c1-7-21-10(2)22-9-12-13-11(8-17(6)24-13)14(19)18(12)15(20)23-16(3,4)5/h10-13H,7-9H2,1-6H3/t10?,11-,12-,13+/m1/s1. The van der Waals surface area contributed by atoms with Crippen LogP contribution in [0.5, 0.6) is 0 Å². The summed E-state index contributed by atoms with van der Waals surface area (Å²) in [5.74, 6) is -0.671. The molecule has 0 N–H and O–H groups in total. The number of hydroxylamine groups is 2. The van der Waals surface area contributed by atoms with Gasteiger partial charge in [0.1, 0.15) is 11.7 Å². The summed E-state index contributed by atoms with van der Waals surface area (Å²) in [6.07, 6.45) is -1.52. The maximum absolute atomic E-state index is 12.7. The zero-order valence-electron chi connectivity index (χ0n) is 15.3. The van der Waals surface area contributed by atoms with Crippen molar-refractivity contribution >= 4 is 12.0 Å². The number of imide groups is 1. The first-order chi connectivity index (χ1) is 11.1. The van der Waals surface area contributed by atoms with Crippen LogP contribution in [0.4, 0.5) is 4.79 Å². The predicted molar refractivity (Wildman–Crippen MR) is 84.9 cm³/mol. The highest BCUT2D eigenvalue weighted by Crippen LogP contribution is 2.35. The van der Waals surface area contributed by atoms with E-state index in [1.54, 1.807) is 39.8 Å². The van der Waals surface area contributed by atoms with Gasteiger partial charge in [0.15, 0.2) is 6.29 Å². The summed E-state index contributed by atoms with van der Waals surface area (Å²) >= 11 is 0. The van der Waals surface area contributed by atoms with Gasteiger partial charge >= 0.3 is 6.09 Å². The fraction of sp³-hybridized carbons (Fsp3) is 0.875. The van der Waals surface area contributed by atoms with Crippen LogP contribution in [0.25, 0.3) is 0 Å². The normalized spacial score (nSPS) is 29.0. The molecule has 4 atom stereocenters. The molecule has 2 heterocycles. The van der Waals surface area contributed by atoms with Gasteiger partial charge in [-0.15, -0.1) is 0 Å². The first-order valence-corrected chi connectivity index (χ1v) is 8.31. The topological polar surface area (TPSA) is 77.5 Å². The molecule has 0 aromatic rings. The number of carbonyl (C=O) groups is 2. The Kier molecular flexibility index (Phi) is 5.85. The second-order valence-corrected chi connectivity index (χ2v) is 7.10. The van der Waals surface area contributed by atoms with Gasteiger partial charge < -0.3 is 14.2 Å². The van der Waals surface area contributed by atoms with E-state index in [4.69, 9.17) is 19.0 Å². The number of nitrogens with zero attached hydrogens (tertiary/aromatic N) is 2. The molecule has 0 radical (unpaired) electrons. The number of ether oxygens (including phenoxy) is 3. The third kappa shape index (κ3) is 4.24. The second kappa shape index (κ2) is 7.35. The van der Waals surface area contributed by atoms with Gasteiger partial charge in [-0.25, -0.2) is 9.69 Å². The van der Waals surface area contributed by atoms with Gasteiger partial charge in [-0.05, 0) is 34.6 Å². The van der Waals surface area contributed by atoms with E-state index in [-0.39, 0.29) is 12.5 Å². The van der Waals surface area contributed by atoms with Gasteiger partial charge in [-0.2, -0.15) is 5.06 Å². The number of amides is 2. The van der Waals surface area contributed by atoms with E-state index >= 15 is 0 Å². The molecular weight excluding hydrogens is 316 g/mol. The van der Waals surface area contributed by atoms with E-state index in [0.29, 0.717) is 13.2 Å². The van der Waals surface area contributed by atoms with Gasteiger partial charge in [0.25, 0.3) is 0 Å². The molecule has 0 aromatic heterocycles. The molecule has 2 amide bonds. The molecule has 138 valence electrons. The molecule has 0 spiro atoms. The Bertz CT molecular complexity index is 478. The van der Waals surface area contributed by atoms with Gasteiger partial charge in [-0.1, -0.05) is 0 Å². The number of fused-ring (bicyclic) bond motifs is 1. The van der Waals surface area contributed by atoms with E-state index in [2.05, 4.69) is 0 Å². The fourth-order valence-electron chi connectivity index (χ4n) is 2.97. The lowest BCUT2D eigenvalue weighted by atomic mass is 10.0. The van der Waals surface area contributed by atoms with E-state index in [1.807, 2.05) is 6.92 Å². The lowest BCUT2D eigenvalue weighted by molar-refractivity contribution is -0.171. The average molecular weight is 344 g/mol. The number of likely N-dealkylation sites (tertiary alicyclic amines) is 1. The molecule has 0 saturated carbocycles. The van der Waals surface area contributed by atoms with Crippen LogP contribution in [0, 0.1) is 5.92 Å². The monoisotopic (exact) mass is 344 g/mol. The van der Waals surface area contributed by atoms with Crippen molar-refractivity contribution in [3.63, 3.8) is 0 Å². The van der Waals surface area contributed by atoms with Crippen LogP contribution in [-0.4, -0.2) is 72.8 Å². The molecule has 2 fully saturated rings. The van der Waals surface area contributed by atoms with Crippen LogP contribution in [0.15, 0.2) is 0 Å². The van der Waals surface area contributed by atoms with Crippen LogP contribution in [0.3, 0.4) is 0 Å². The predicted octanol–water partition coefficient (Wildman–Crippen LogP) is 1.39. The highest BCUT2D eigenvalue weighted by molar-refractivity contribution is 5.96. The maximum Gasteiger partial charge on any atom is 0.417 e. The summed E-state index contributed by atoms with van der Waals surface area (Å²) in [5, 5.41) is 1.62. The molecule has 2 aliphatic heterocycles. The molecule has 8 nitrogen and oxygen atoms in total. The lowest BCUT2D eigenvalue weighted by Gasteiger charge is -2.30. The number of hydrogen-bond acceptors (Lipinski definition) is 7. The summed E-state index contributed by atoms with van der Waals surface area (Å²) in [6.45, 7) is 10.0. The zero-order valence-corrected chi connectivity index (χ0v) is 15.3. The average Bonchev–Trinajstić information content (AvgIpc) is 2.92. The Morgan fingerprint density at radius 2 is 2.04 bits per heavy atom. The highest BCUT2D eigenvalue weighted by Gasteiger charge is 2.56. The van der Waals surface area contributed by atoms with Crippen molar-refractivity contribution in [1.29, 1.82) is 0 Å². The van der Waals surface area contributed by atoms with Crippen LogP contribution < -0.4 is 0 Å². The molecule has 1 unspecified atom stereocenters. The molecular formula is C16H28N2O6. The van der Waals surface area contributed by atoms with Gasteiger partial charge in [0.2, 0.25) is 5.91 Å². The molecule has 0 bridgehead atoms. The van der Waals surface area contributed by atoms with Crippen LogP contribution in [-0.2, 0) is 23.8 Å². The van der Waals surface area contributed by atoms with Crippen LogP contribution >= 0.6 is 0 Å². The van der Waals surface area contributed by atoms with Crippen molar-refractivity contribution in [2.24, 2.45) is 5.92 Å². The first-order valence-electron chi connectivity index (χ1n) is 8.31. The maximum atomic E-state index is 12.7. The molecule has 2 saturated heterocycles. The molecule has 24 heavy (non-hydrogen) atoms. The molecule has 8 heteroatoms. The number of hydrogen-bond donors (Lipinski definition) is 0. The Morgan fingerprint density at radius 1 is 1.38 bits per heavy atom. The molecule has 0 aromatic carbocycles. The first kappa shape index (κ1) is 19.1. The van der Waals surface area contributed by atoms with E-state index in [0.717, 1.165) is 4.90 Å². The van der Waals surface area contributed by atoms with Crippen molar-refractivity contribution in [2.45, 2.75) is 58.7 Å². The minimum Gasteiger partial charge on any atom is -0.443 e. The van der Waals surface area contributed by atoms with Gasteiger partial charge in [0, 0.05) is 20.2 Å². The number of rotatable bonds is 5.